The van der Waals surface area contributed by atoms with E-state index < -0.39 is 0 Å². The van der Waals surface area contributed by atoms with Crippen LogP contribution in [0.25, 0.3) is 0 Å². The number of nitrogens with one attached hydrogen (secondary N) is 1. The summed E-state index contributed by atoms with van der Waals surface area (Å²) in [5.41, 5.74) is 1.19. The Morgan fingerprint density at radius 1 is 1.20 bits per heavy atom. The van der Waals surface area contributed by atoms with Gasteiger partial charge in [0, 0.05) is 29.8 Å². The fraction of sp³-hybridized carbons (Fsp3) is 0.632. The lowest BCUT2D eigenvalue weighted by Crippen LogP contribution is -2.40. The molecule has 1 N–H and O–H groups in total. The minimum Gasteiger partial charge on any atom is -0.339 e. The average molecular weight is 362 g/mol. The van der Waals surface area contributed by atoms with Gasteiger partial charge in [-0.25, -0.2) is 4.98 Å². The molecule has 0 bridgehead atoms. The van der Waals surface area contributed by atoms with E-state index in [4.69, 9.17) is 4.98 Å². The van der Waals surface area contributed by atoms with E-state index in [-0.39, 0.29) is 17.7 Å². The van der Waals surface area contributed by atoms with Gasteiger partial charge in [0.05, 0.1) is 5.69 Å². The van der Waals surface area contributed by atoms with Crippen molar-refractivity contribution in [1.29, 1.82) is 0 Å². The van der Waals surface area contributed by atoms with Gasteiger partial charge in [0.1, 0.15) is 0 Å². The molecule has 0 radical (unpaired) electrons. The number of carbonyl (C=O) groups is 2. The maximum Gasteiger partial charge on any atom is 0.245 e. The minimum absolute atomic E-state index is 0.0367. The summed E-state index contributed by atoms with van der Waals surface area (Å²) in [4.78, 5) is 31.9. The zero-order valence-corrected chi connectivity index (χ0v) is 15.7. The Hall–Kier alpha value is -1.69. The van der Waals surface area contributed by atoms with Gasteiger partial charge in [0.25, 0.3) is 0 Å². The first-order valence-electron chi connectivity index (χ1n) is 9.28. The molecule has 1 aromatic rings. The number of nitrogens with zero attached hydrogens (tertiary/aromatic N) is 2. The molecule has 6 heteroatoms. The molecule has 0 atom stereocenters. The Bertz CT molecular complexity index is 641. The Morgan fingerprint density at radius 2 is 1.88 bits per heavy atom. The van der Waals surface area contributed by atoms with E-state index in [9.17, 15) is 9.59 Å². The van der Waals surface area contributed by atoms with Gasteiger partial charge in [-0.15, -0.1) is 11.3 Å². The molecular weight excluding hydrogens is 334 g/mol. The summed E-state index contributed by atoms with van der Waals surface area (Å²) in [5.74, 6) is 0.501. The van der Waals surface area contributed by atoms with Gasteiger partial charge in [-0.1, -0.05) is 25.8 Å². The number of anilines is 1. The highest BCUT2D eigenvalue weighted by atomic mass is 32.1. The minimum atomic E-state index is -0.0495. The summed E-state index contributed by atoms with van der Waals surface area (Å²) in [5, 5.41) is 3.74. The Balaban J connectivity index is 1.56. The SMILES string of the molecule is C=CC(=O)N1CCC(C(=O)Nc2nc(C3CCCCC3)c(C)s2)CC1. The molecule has 1 aromatic heterocycles. The van der Waals surface area contributed by atoms with Crippen LogP contribution in [0.4, 0.5) is 5.13 Å². The molecular formula is C19H27N3O2S. The van der Waals surface area contributed by atoms with Crippen molar-refractivity contribution in [1.82, 2.24) is 9.88 Å². The Kier molecular flexibility index (Phi) is 5.89. The van der Waals surface area contributed by atoms with E-state index in [1.807, 2.05) is 0 Å². The Morgan fingerprint density at radius 3 is 2.52 bits per heavy atom. The predicted octanol–water partition coefficient (Wildman–Crippen LogP) is 3.86. The van der Waals surface area contributed by atoms with Gasteiger partial charge in [-0.3, -0.25) is 9.59 Å². The van der Waals surface area contributed by atoms with Gasteiger partial charge in [-0.05, 0) is 38.7 Å². The Labute approximate surface area is 153 Å². The molecule has 25 heavy (non-hydrogen) atoms. The zero-order chi connectivity index (χ0) is 17.8. The van der Waals surface area contributed by atoms with Crippen molar-refractivity contribution < 1.29 is 9.59 Å². The largest absolute Gasteiger partial charge is 0.339 e. The highest BCUT2D eigenvalue weighted by Crippen LogP contribution is 2.37. The summed E-state index contributed by atoms with van der Waals surface area (Å²) in [6.45, 7) is 6.86. The van der Waals surface area contributed by atoms with Crippen molar-refractivity contribution in [2.45, 2.75) is 57.8 Å². The van der Waals surface area contributed by atoms with Gasteiger partial charge in [0.2, 0.25) is 11.8 Å². The lowest BCUT2D eigenvalue weighted by molar-refractivity contribution is -0.130. The third-order valence-corrected chi connectivity index (χ3v) is 6.31. The third kappa shape index (κ3) is 4.29. The third-order valence-electron chi connectivity index (χ3n) is 5.41. The molecule has 136 valence electrons. The van der Waals surface area contributed by atoms with Crippen LogP contribution >= 0.6 is 11.3 Å². The van der Waals surface area contributed by atoms with Crippen molar-refractivity contribution in [3.8, 4) is 0 Å². The van der Waals surface area contributed by atoms with Crippen molar-refractivity contribution >= 4 is 28.3 Å². The van der Waals surface area contributed by atoms with Crippen LogP contribution in [-0.4, -0.2) is 34.8 Å². The zero-order valence-electron chi connectivity index (χ0n) is 14.9. The van der Waals surface area contributed by atoms with Gasteiger partial charge in [0.15, 0.2) is 5.13 Å². The van der Waals surface area contributed by atoms with Crippen LogP contribution < -0.4 is 5.32 Å². The molecule has 2 fully saturated rings. The number of aromatic nitrogens is 1. The second kappa shape index (κ2) is 8.13. The van der Waals surface area contributed by atoms with Crippen molar-refractivity contribution in [2.75, 3.05) is 18.4 Å². The summed E-state index contributed by atoms with van der Waals surface area (Å²) >= 11 is 1.59. The van der Waals surface area contributed by atoms with Crippen LogP contribution in [0, 0.1) is 12.8 Å². The number of hydrogen-bond acceptors (Lipinski definition) is 4. The smallest absolute Gasteiger partial charge is 0.245 e. The number of hydrogen-bond donors (Lipinski definition) is 1. The van der Waals surface area contributed by atoms with Crippen molar-refractivity contribution in [3.63, 3.8) is 0 Å². The van der Waals surface area contributed by atoms with E-state index in [2.05, 4.69) is 18.8 Å². The standard InChI is InChI=1S/C19H27N3O2S/c1-3-16(23)22-11-9-15(10-12-22)18(24)21-19-20-17(13(2)25-19)14-7-5-4-6-8-14/h3,14-15H,1,4-12H2,2H3,(H,20,21,24). The molecule has 0 unspecified atom stereocenters. The number of amides is 2. The van der Waals surface area contributed by atoms with Crippen LogP contribution in [0.2, 0.25) is 0 Å². The van der Waals surface area contributed by atoms with Crippen LogP contribution in [0.1, 0.15) is 61.4 Å². The molecule has 2 aliphatic rings. The molecule has 0 aromatic carbocycles. The lowest BCUT2D eigenvalue weighted by atomic mass is 9.87. The number of piperidine rings is 1. The maximum absolute atomic E-state index is 12.5. The molecule has 2 amide bonds. The fourth-order valence-electron chi connectivity index (χ4n) is 3.92. The van der Waals surface area contributed by atoms with Gasteiger partial charge < -0.3 is 10.2 Å². The van der Waals surface area contributed by atoms with Crippen molar-refractivity contribution in [3.05, 3.63) is 23.2 Å². The number of carbonyl (C=O) groups excluding carboxylic acids is 2. The fourth-order valence-corrected chi connectivity index (χ4v) is 4.82. The molecule has 5 nitrogen and oxygen atoms in total. The first-order chi connectivity index (χ1) is 12.1. The second-order valence-electron chi connectivity index (χ2n) is 7.09. The number of thiazole rings is 1. The molecule has 1 aliphatic carbocycles. The second-order valence-corrected chi connectivity index (χ2v) is 8.29. The highest BCUT2D eigenvalue weighted by molar-refractivity contribution is 7.15. The molecule has 0 spiro atoms. The molecule has 2 heterocycles. The van der Waals surface area contributed by atoms with Crippen LogP contribution in [-0.2, 0) is 9.59 Å². The first kappa shape index (κ1) is 18.1. The molecule has 3 rings (SSSR count). The van der Waals surface area contributed by atoms with Crippen LogP contribution in [0.3, 0.4) is 0 Å². The first-order valence-corrected chi connectivity index (χ1v) is 10.1. The van der Waals surface area contributed by atoms with Crippen LogP contribution in [0.5, 0.6) is 0 Å². The van der Waals surface area contributed by atoms with Gasteiger partial charge in [-0.2, -0.15) is 0 Å². The summed E-state index contributed by atoms with van der Waals surface area (Å²) < 4.78 is 0. The predicted molar refractivity (Wildman–Crippen MR) is 101 cm³/mol. The van der Waals surface area contributed by atoms with Crippen LogP contribution in [0.15, 0.2) is 12.7 Å². The van der Waals surface area contributed by atoms with Gasteiger partial charge >= 0.3 is 0 Å². The van der Waals surface area contributed by atoms with E-state index in [0.29, 0.717) is 31.8 Å². The van der Waals surface area contributed by atoms with Crippen molar-refractivity contribution in [2.24, 2.45) is 5.92 Å². The number of rotatable bonds is 4. The summed E-state index contributed by atoms with van der Waals surface area (Å²) in [7, 11) is 0. The number of likely N-dealkylation sites (tertiary alicyclic amines) is 1. The summed E-state index contributed by atoms with van der Waals surface area (Å²) in [6, 6.07) is 0. The lowest BCUT2D eigenvalue weighted by Gasteiger charge is -2.30. The maximum atomic E-state index is 12.5. The monoisotopic (exact) mass is 361 g/mol. The topological polar surface area (TPSA) is 62.3 Å². The normalized spacial score (nSPS) is 19.6. The molecule has 1 saturated carbocycles. The van der Waals surface area contributed by atoms with E-state index >= 15 is 0 Å². The molecule has 1 saturated heterocycles. The van der Waals surface area contributed by atoms with E-state index in [1.165, 1.54) is 48.8 Å². The number of aryl methyl sites for hydroxylation is 1. The van der Waals surface area contributed by atoms with E-state index in [1.54, 1.807) is 16.2 Å². The average Bonchev–Trinajstić information content (AvgIpc) is 3.02. The van der Waals surface area contributed by atoms with E-state index in [0.717, 1.165) is 5.13 Å². The molecule has 1 aliphatic heterocycles. The summed E-state index contributed by atoms with van der Waals surface area (Å²) in [6.07, 6.45) is 9.07. The highest BCUT2D eigenvalue weighted by Gasteiger charge is 2.28. The quantitative estimate of drug-likeness (QED) is 0.828.